The minimum atomic E-state index is -0.258. The van der Waals surface area contributed by atoms with Gasteiger partial charge in [0.25, 0.3) is 0 Å². The van der Waals surface area contributed by atoms with Gasteiger partial charge in [-0.15, -0.1) is 0 Å². The van der Waals surface area contributed by atoms with Crippen LogP contribution in [-0.2, 0) is 14.3 Å². The molecule has 1 aromatic carbocycles. The van der Waals surface area contributed by atoms with Crippen molar-refractivity contribution in [3.63, 3.8) is 0 Å². The minimum absolute atomic E-state index is 0.0366. The molecule has 2 saturated heterocycles. The molecule has 1 atom stereocenters. The second kappa shape index (κ2) is 6.13. The molecule has 0 spiro atoms. The van der Waals surface area contributed by atoms with Gasteiger partial charge in [-0.1, -0.05) is 18.2 Å². The maximum absolute atomic E-state index is 12.4. The summed E-state index contributed by atoms with van der Waals surface area (Å²) in [7, 11) is 0. The van der Waals surface area contributed by atoms with E-state index in [1.54, 1.807) is 9.91 Å². The summed E-state index contributed by atoms with van der Waals surface area (Å²) in [4.78, 5) is 26.3. The molecule has 1 aromatic rings. The Balaban J connectivity index is 1.60. The van der Waals surface area contributed by atoms with E-state index in [-0.39, 0.29) is 24.2 Å². The van der Waals surface area contributed by atoms with Crippen LogP contribution in [0.25, 0.3) is 0 Å². The van der Waals surface area contributed by atoms with Gasteiger partial charge in [0.15, 0.2) is 0 Å². The summed E-state index contributed by atoms with van der Waals surface area (Å²) in [6.07, 6.45) is 0.274. The molecule has 0 aromatic heterocycles. The van der Waals surface area contributed by atoms with E-state index >= 15 is 0 Å². The number of nitrogens with zero attached hydrogens (tertiary/aromatic N) is 2. The van der Waals surface area contributed by atoms with Gasteiger partial charge < -0.3 is 9.64 Å². The predicted molar refractivity (Wildman–Crippen MR) is 77.3 cm³/mol. The summed E-state index contributed by atoms with van der Waals surface area (Å²) in [6.45, 7) is 2.83. The molecule has 6 heteroatoms. The Morgan fingerprint density at radius 1 is 1.19 bits per heavy atom. The molecule has 2 aliphatic heterocycles. The molecular formula is C15H19N3O3. The van der Waals surface area contributed by atoms with Crippen molar-refractivity contribution in [2.45, 2.75) is 6.42 Å². The number of anilines is 1. The van der Waals surface area contributed by atoms with Gasteiger partial charge in [0.2, 0.25) is 11.8 Å². The Bertz CT molecular complexity index is 514. The molecule has 21 heavy (non-hydrogen) atoms. The normalized spacial score (nSPS) is 22.5. The maximum atomic E-state index is 12.4. The van der Waals surface area contributed by atoms with Crippen molar-refractivity contribution >= 4 is 17.5 Å². The fourth-order valence-electron chi connectivity index (χ4n) is 2.69. The van der Waals surface area contributed by atoms with Gasteiger partial charge in [-0.3, -0.25) is 20.0 Å². The smallest absolute Gasteiger partial charge is 0.241 e. The summed E-state index contributed by atoms with van der Waals surface area (Å²) >= 11 is 0. The average molecular weight is 289 g/mol. The van der Waals surface area contributed by atoms with Crippen molar-refractivity contribution in [1.29, 1.82) is 0 Å². The lowest BCUT2D eigenvalue weighted by molar-refractivity contribution is -0.139. The van der Waals surface area contributed by atoms with Gasteiger partial charge in [-0.2, -0.15) is 0 Å². The van der Waals surface area contributed by atoms with Crippen LogP contribution in [0.2, 0.25) is 0 Å². The molecular weight excluding hydrogens is 270 g/mol. The third-order valence-corrected chi connectivity index (χ3v) is 3.83. The predicted octanol–water partition coefficient (Wildman–Crippen LogP) is 0.721. The fraction of sp³-hybridized carbons (Fsp3) is 0.467. The zero-order valence-electron chi connectivity index (χ0n) is 11.8. The summed E-state index contributed by atoms with van der Waals surface area (Å²) in [5, 5.41) is 1.54. The molecule has 1 unspecified atom stereocenters. The maximum Gasteiger partial charge on any atom is 0.241 e. The second-order valence-corrected chi connectivity index (χ2v) is 5.32. The highest BCUT2D eigenvalue weighted by atomic mass is 16.5. The summed E-state index contributed by atoms with van der Waals surface area (Å²) in [5.74, 6) is -0.235. The van der Waals surface area contributed by atoms with Crippen LogP contribution in [-0.4, -0.2) is 54.6 Å². The van der Waals surface area contributed by atoms with Crippen molar-refractivity contribution < 1.29 is 14.3 Å². The second-order valence-electron chi connectivity index (χ2n) is 5.32. The molecule has 6 nitrogen and oxygen atoms in total. The lowest BCUT2D eigenvalue weighted by Crippen LogP contribution is -2.44. The van der Waals surface area contributed by atoms with Crippen molar-refractivity contribution in [1.82, 2.24) is 9.91 Å². The van der Waals surface area contributed by atoms with Crippen LogP contribution in [0.4, 0.5) is 5.69 Å². The van der Waals surface area contributed by atoms with Crippen molar-refractivity contribution in [2.24, 2.45) is 5.92 Å². The Labute approximate surface area is 123 Å². The van der Waals surface area contributed by atoms with E-state index < -0.39 is 0 Å². The van der Waals surface area contributed by atoms with E-state index in [2.05, 4.69) is 5.43 Å². The van der Waals surface area contributed by atoms with Gasteiger partial charge in [-0.25, -0.2) is 0 Å². The molecule has 2 amide bonds. The highest BCUT2D eigenvalue weighted by molar-refractivity contribution is 5.89. The van der Waals surface area contributed by atoms with Crippen LogP contribution < -0.4 is 5.43 Å². The lowest BCUT2D eigenvalue weighted by Gasteiger charge is -2.29. The van der Waals surface area contributed by atoms with E-state index in [0.29, 0.717) is 32.8 Å². The van der Waals surface area contributed by atoms with Gasteiger partial charge in [0.05, 0.1) is 31.4 Å². The third kappa shape index (κ3) is 3.16. The van der Waals surface area contributed by atoms with Crippen molar-refractivity contribution in [3.05, 3.63) is 30.3 Å². The summed E-state index contributed by atoms with van der Waals surface area (Å²) in [6, 6.07) is 9.51. The number of hydrazine groups is 1. The number of hydrogen-bond donors (Lipinski definition) is 1. The van der Waals surface area contributed by atoms with E-state index in [4.69, 9.17) is 4.74 Å². The van der Waals surface area contributed by atoms with E-state index in [1.807, 2.05) is 30.3 Å². The van der Waals surface area contributed by atoms with Gasteiger partial charge in [0.1, 0.15) is 0 Å². The quantitative estimate of drug-likeness (QED) is 0.890. The number of benzene rings is 1. The van der Waals surface area contributed by atoms with Crippen molar-refractivity contribution in [3.8, 4) is 0 Å². The third-order valence-electron chi connectivity index (χ3n) is 3.83. The standard InChI is InChI=1S/C15H19N3O3/c19-14-10-12(15(20)17-6-8-21-9-7-17)11-18(14)16-13-4-2-1-3-5-13/h1-5,12,16H,6-11H2. The number of carbonyl (C=O) groups is 2. The number of carbonyl (C=O) groups excluding carboxylic acids is 2. The zero-order valence-corrected chi connectivity index (χ0v) is 11.8. The number of para-hydroxylation sites is 1. The van der Waals surface area contributed by atoms with Crippen LogP contribution in [0, 0.1) is 5.92 Å². The number of ether oxygens (including phenoxy) is 1. The molecule has 2 aliphatic rings. The lowest BCUT2D eigenvalue weighted by atomic mass is 10.1. The molecule has 3 rings (SSSR count). The number of morpholine rings is 1. The van der Waals surface area contributed by atoms with Crippen molar-refractivity contribution in [2.75, 3.05) is 38.3 Å². The highest BCUT2D eigenvalue weighted by Gasteiger charge is 2.37. The van der Waals surface area contributed by atoms with Gasteiger partial charge in [-0.05, 0) is 12.1 Å². The Morgan fingerprint density at radius 2 is 1.90 bits per heavy atom. The van der Waals surface area contributed by atoms with Gasteiger partial charge >= 0.3 is 0 Å². The Kier molecular flexibility index (Phi) is 4.06. The van der Waals surface area contributed by atoms with Crippen LogP contribution >= 0.6 is 0 Å². The van der Waals surface area contributed by atoms with Crippen LogP contribution in [0.15, 0.2) is 30.3 Å². The molecule has 2 heterocycles. The monoisotopic (exact) mass is 289 g/mol. The molecule has 0 bridgehead atoms. The first-order chi connectivity index (χ1) is 10.2. The Hall–Kier alpha value is -2.08. The average Bonchev–Trinajstić information content (AvgIpc) is 2.89. The topological polar surface area (TPSA) is 61.9 Å². The number of nitrogens with one attached hydrogen (secondary N) is 1. The molecule has 2 fully saturated rings. The number of amides is 2. The van der Waals surface area contributed by atoms with E-state index in [9.17, 15) is 9.59 Å². The first kappa shape index (κ1) is 13.9. The summed E-state index contributed by atoms with van der Waals surface area (Å²) in [5.41, 5.74) is 3.92. The first-order valence-electron chi connectivity index (χ1n) is 7.22. The summed E-state index contributed by atoms with van der Waals surface area (Å²) < 4.78 is 5.25. The van der Waals surface area contributed by atoms with Crippen LogP contribution in [0.1, 0.15) is 6.42 Å². The van der Waals surface area contributed by atoms with Crippen LogP contribution in [0.5, 0.6) is 0 Å². The van der Waals surface area contributed by atoms with E-state index in [0.717, 1.165) is 5.69 Å². The molecule has 0 saturated carbocycles. The zero-order chi connectivity index (χ0) is 14.7. The van der Waals surface area contributed by atoms with E-state index in [1.165, 1.54) is 0 Å². The molecule has 112 valence electrons. The number of rotatable bonds is 3. The Morgan fingerprint density at radius 3 is 2.62 bits per heavy atom. The largest absolute Gasteiger partial charge is 0.378 e. The van der Waals surface area contributed by atoms with Crippen LogP contribution in [0.3, 0.4) is 0 Å². The van der Waals surface area contributed by atoms with Gasteiger partial charge in [0, 0.05) is 19.5 Å². The number of hydrogen-bond acceptors (Lipinski definition) is 4. The minimum Gasteiger partial charge on any atom is -0.378 e. The molecule has 0 aliphatic carbocycles. The highest BCUT2D eigenvalue weighted by Crippen LogP contribution is 2.21. The molecule has 0 radical (unpaired) electrons. The SMILES string of the molecule is O=C(C1CC(=O)N(Nc2ccccc2)C1)N1CCOCC1. The fourth-order valence-corrected chi connectivity index (χ4v) is 2.69. The first-order valence-corrected chi connectivity index (χ1v) is 7.22. The molecule has 1 N–H and O–H groups in total.